The summed E-state index contributed by atoms with van der Waals surface area (Å²) in [7, 11) is 0. The van der Waals surface area contributed by atoms with Crippen LogP contribution < -0.4 is 10.6 Å². The molecule has 1 aliphatic rings. The van der Waals surface area contributed by atoms with E-state index in [0.29, 0.717) is 18.7 Å². The molecule has 2 aromatic carbocycles. The van der Waals surface area contributed by atoms with Crippen molar-refractivity contribution in [2.24, 2.45) is 0 Å². The lowest BCUT2D eigenvalue weighted by molar-refractivity contribution is -0.118. The van der Waals surface area contributed by atoms with Crippen molar-refractivity contribution in [2.75, 3.05) is 17.2 Å². The van der Waals surface area contributed by atoms with Crippen molar-refractivity contribution in [3.8, 4) is 11.3 Å². The third kappa shape index (κ3) is 3.58. The Morgan fingerprint density at radius 2 is 2.04 bits per heavy atom. The molecule has 1 aromatic heterocycles. The maximum absolute atomic E-state index is 12.8. The summed E-state index contributed by atoms with van der Waals surface area (Å²) in [6, 6.07) is 13.9. The number of carbonyl (C=O) groups excluding carboxylic acids is 1. The molecule has 0 spiro atoms. The molecule has 5 nitrogen and oxygen atoms in total. The number of aryl methyl sites for hydroxylation is 2. The lowest BCUT2D eigenvalue weighted by Gasteiger charge is -2.30. The van der Waals surface area contributed by atoms with E-state index in [9.17, 15) is 4.79 Å². The van der Waals surface area contributed by atoms with Gasteiger partial charge in [0, 0.05) is 36.3 Å². The van der Waals surface area contributed by atoms with E-state index in [1.807, 2.05) is 54.3 Å². The van der Waals surface area contributed by atoms with E-state index >= 15 is 0 Å². The standard InChI is InChI=1S/C22H23N3O2/c1-15-7-9-16(10-8-15)20-14-24-21(27-20)11-12-22(26)25-13-3-4-17-18(23)5-2-6-19(17)25/h2,5-10,14H,3-4,11-13,23H2,1H3. The first-order chi connectivity index (χ1) is 13.1. The van der Waals surface area contributed by atoms with Crippen molar-refractivity contribution in [2.45, 2.75) is 32.6 Å². The molecule has 0 bridgehead atoms. The maximum Gasteiger partial charge on any atom is 0.227 e. The van der Waals surface area contributed by atoms with Crippen molar-refractivity contribution in [3.63, 3.8) is 0 Å². The first kappa shape index (κ1) is 17.3. The van der Waals surface area contributed by atoms with E-state index < -0.39 is 0 Å². The molecule has 0 saturated heterocycles. The number of fused-ring (bicyclic) bond motifs is 1. The average Bonchev–Trinajstić information content (AvgIpc) is 3.16. The Morgan fingerprint density at radius 1 is 1.22 bits per heavy atom. The molecule has 2 N–H and O–H groups in total. The van der Waals surface area contributed by atoms with E-state index in [2.05, 4.69) is 4.98 Å². The number of anilines is 2. The van der Waals surface area contributed by atoms with Crippen LogP contribution in [0.4, 0.5) is 11.4 Å². The van der Waals surface area contributed by atoms with E-state index in [0.717, 1.165) is 47.6 Å². The molecule has 1 aliphatic heterocycles. The summed E-state index contributed by atoms with van der Waals surface area (Å²) in [4.78, 5) is 19.0. The highest BCUT2D eigenvalue weighted by molar-refractivity contribution is 5.95. The Kier molecular flexibility index (Phi) is 4.67. The highest BCUT2D eigenvalue weighted by atomic mass is 16.4. The van der Waals surface area contributed by atoms with E-state index in [1.54, 1.807) is 6.20 Å². The predicted octanol–water partition coefficient (Wildman–Crippen LogP) is 4.14. The Hall–Kier alpha value is -3.08. The highest BCUT2D eigenvalue weighted by Crippen LogP contribution is 2.31. The SMILES string of the molecule is Cc1ccc(-c2cnc(CCC(=O)N3CCCc4c(N)cccc43)o2)cc1. The number of nitrogens with two attached hydrogens (primary N) is 1. The van der Waals surface area contributed by atoms with Crippen molar-refractivity contribution in [1.82, 2.24) is 4.98 Å². The fourth-order valence-corrected chi connectivity index (χ4v) is 3.54. The minimum Gasteiger partial charge on any atom is -0.441 e. The van der Waals surface area contributed by atoms with Crippen molar-refractivity contribution < 1.29 is 9.21 Å². The first-order valence-corrected chi connectivity index (χ1v) is 9.31. The van der Waals surface area contributed by atoms with Crippen molar-refractivity contribution >= 4 is 17.3 Å². The molecule has 0 saturated carbocycles. The highest BCUT2D eigenvalue weighted by Gasteiger charge is 2.23. The van der Waals surface area contributed by atoms with Crippen LogP contribution in [-0.2, 0) is 17.6 Å². The topological polar surface area (TPSA) is 72.4 Å². The van der Waals surface area contributed by atoms with Crippen LogP contribution in [0.5, 0.6) is 0 Å². The minimum absolute atomic E-state index is 0.0802. The molecular weight excluding hydrogens is 338 g/mol. The summed E-state index contributed by atoms with van der Waals surface area (Å²) in [5.41, 5.74) is 11.1. The van der Waals surface area contributed by atoms with Crippen molar-refractivity contribution in [1.29, 1.82) is 0 Å². The second kappa shape index (κ2) is 7.27. The molecule has 0 unspecified atom stereocenters. The molecule has 0 atom stereocenters. The number of hydrogen-bond donors (Lipinski definition) is 1. The molecule has 4 rings (SSSR count). The van der Waals surface area contributed by atoms with E-state index in [1.165, 1.54) is 5.56 Å². The predicted molar refractivity (Wildman–Crippen MR) is 107 cm³/mol. The normalized spacial score (nSPS) is 13.4. The Labute approximate surface area is 158 Å². The average molecular weight is 361 g/mol. The maximum atomic E-state index is 12.8. The second-order valence-corrected chi connectivity index (χ2v) is 6.98. The summed E-state index contributed by atoms with van der Waals surface area (Å²) >= 11 is 0. The summed E-state index contributed by atoms with van der Waals surface area (Å²) in [5, 5.41) is 0. The van der Waals surface area contributed by atoms with Crippen LogP contribution in [0.2, 0.25) is 0 Å². The Balaban J connectivity index is 1.44. The first-order valence-electron chi connectivity index (χ1n) is 9.31. The number of aromatic nitrogens is 1. The number of oxazole rings is 1. The molecule has 0 radical (unpaired) electrons. The molecule has 0 fully saturated rings. The van der Waals surface area contributed by atoms with Gasteiger partial charge in [0.05, 0.1) is 6.20 Å². The van der Waals surface area contributed by atoms with Gasteiger partial charge in [-0.1, -0.05) is 35.9 Å². The van der Waals surface area contributed by atoms with Gasteiger partial charge in [-0.25, -0.2) is 4.98 Å². The number of benzene rings is 2. The van der Waals surface area contributed by atoms with Gasteiger partial charge in [-0.15, -0.1) is 0 Å². The third-order valence-corrected chi connectivity index (χ3v) is 5.03. The Morgan fingerprint density at radius 3 is 2.85 bits per heavy atom. The van der Waals surface area contributed by atoms with Crippen LogP contribution in [-0.4, -0.2) is 17.4 Å². The quantitative estimate of drug-likeness (QED) is 0.709. The zero-order valence-corrected chi connectivity index (χ0v) is 15.4. The minimum atomic E-state index is 0.0802. The van der Waals surface area contributed by atoms with Gasteiger partial charge in [-0.05, 0) is 37.5 Å². The number of carbonyl (C=O) groups is 1. The zero-order valence-electron chi connectivity index (χ0n) is 15.4. The number of hydrogen-bond acceptors (Lipinski definition) is 4. The molecule has 1 amide bonds. The summed E-state index contributed by atoms with van der Waals surface area (Å²) in [6.07, 6.45) is 4.43. The van der Waals surface area contributed by atoms with Crippen LogP contribution in [0, 0.1) is 6.92 Å². The van der Waals surface area contributed by atoms with Crippen molar-refractivity contribution in [3.05, 3.63) is 65.7 Å². The molecule has 3 aromatic rings. The van der Waals surface area contributed by atoms with Gasteiger partial charge < -0.3 is 15.1 Å². The van der Waals surface area contributed by atoms with Crippen LogP contribution in [0.1, 0.15) is 29.9 Å². The molecule has 5 heteroatoms. The summed E-state index contributed by atoms with van der Waals surface area (Å²) in [6.45, 7) is 2.78. The number of rotatable bonds is 4. The number of nitrogen functional groups attached to an aromatic ring is 1. The van der Waals surface area contributed by atoms with Gasteiger partial charge in [0.15, 0.2) is 11.7 Å². The number of nitrogens with zero attached hydrogens (tertiary/aromatic N) is 2. The van der Waals surface area contributed by atoms with Gasteiger partial charge in [0.1, 0.15) is 0 Å². The molecular formula is C22H23N3O2. The van der Waals surface area contributed by atoms with Gasteiger partial charge >= 0.3 is 0 Å². The molecule has 2 heterocycles. The monoisotopic (exact) mass is 361 g/mol. The van der Waals surface area contributed by atoms with Gasteiger partial charge in [0.25, 0.3) is 0 Å². The third-order valence-electron chi connectivity index (χ3n) is 5.03. The fourth-order valence-electron chi connectivity index (χ4n) is 3.54. The summed E-state index contributed by atoms with van der Waals surface area (Å²) < 4.78 is 5.83. The van der Waals surface area contributed by atoms with Gasteiger partial charge in [-0.3, -0.25) is 4.79 Å². The lowest BCUT2D eigenvalue weighted by atomic mass is 9.99. The van der Waals surface area contributed by atoms with Crippen LogP contribution in [0.15, 0.2) is 53.1 Å². The second-order valence-electron chi connectivity index (χ2n) is 6.98. The van der Waals surface area contributed by atoms with Crippen LogP contribution >= 0.6 is 0 Å². The van der Waals surface area contributed by atoms with Gasteiger partial charge in [-0.2, -0.15) is 0 Å². The molecule has 27 heavy (non-hydrogen) atoms. The largest absolute Gasteiger partial charge is 0.441 e. The number of amides is 1. The van der Waals surface area contributed by atoms with E-state index in [4.69, 9.17) is 10.2 Å². The molecule has 138 valence electrons. The zero-order chi connectivity index (χ0) is 18.8. The van der Waals surface area contributed by atoms with Crippen LogP contribution in [0.3, 0.4) is 0 Å². The Bertz CT molecular complexity index is 960. The van der Waals surface area contributed by atoms with E-state index in [-0.39, 0.29) is 5.91 Å². The van der Waals surface area contributed by atoms with Gasteiger partial charge in [0.2, 0.25) is 5.91 Å². The summed E-state index contributed by atoms with van der Waals surface area (Å²) in [5.74, 6) is 1.40. The lowest BCUT2D eigenvalue weighted by Crippen LogP contribution is -2.35. The smallest absolute Gasteiger partial charge is 0.227 e. The molecule has 0 aliphatic carbocycles. The fraction of sp³-hybridized carbons (Fsp3) is 0.273. The van der Waals surface area contributed by atoms with Crippen LogP contribution in [0.25, 0.3) is 11.3 Å².